The van der Waals surface area contributed by atoms with Crippen molar-refractivity contribution in [2.75, 3.05) is 27.4 Å². The number of aliphatic hydroxyl groups excluding tert-OH is 1. The molecule has 0 radical (unpaired) electrons. The lowest BCUT2D eigenvalue weighted by molar-refractivity contribution is 0.317. The Bertz CT molecular complexity index is 897. The zero-order valence-corrected chi connectivity index (χ0v) is 13.8. The predicted molar refractivity (Wildman–Crippen MR) is 91.0 cm³/mol. The molecule has 0 saturated heterocycles. The molecular weight excluding hydrogens is 310 g/mol. The fraction of sp³-hybridized carbons (Fsp3) is 0.278. The van der Waals surface area contributed by atoms with Gasteiger partial charge in [-0.1, -0.05) is 0 Å². The number of benzene rings is 1. The lowest BCUT2D eigenvalue weighted by Gasteiger charge is -2.13. The molecule has 0 aliphatic rings. The van der Waals surface area contributed by atoms with Crippen LogP contribution in [-0.4, -0.2) is 37.5 Å². The molecule has 0 fully saturated rings. The topological polar surface area (TPSA) is 74.0 Å². The van der Waals surface area contributed by atoms with Gasteiger partial charge in [-0.05, 0) is 36.8 Å². The highest BCUT2D eigenvalue weighted by Gasteiger charge is 2.18. The van der Waals surface area contributed by atoms with Crippen LogP contribution in [-0.2, 0) is 0 Å². The van der Waals surface area contributed by atoms with Crippen molar-refractivity contribution in [1.29, 1.82) is 0 Å². The third kappa shape index (κ3) is 2.76. The van der Waals surface area contributed by atoms with Crippen LogP contribution >= 0.6 is 0 Å². The Kier molecular flexibility index (Phi) is 4.57. The van der Waals surface area contributed by atoms with Gasteiger partial charge in [0.15, 0.2) is 11.5 Å². The number of hydrogen-bond donors (Lipinski definition) is 1. The van der Waals surface area contributed by atoms with Crippen molar-refractivity contribution in [3.8, 4) is 17.2 Å². The highest BCUT2D eigenvalue weighted by molar-refractivity contribution is 6.02. The highest BCUT2D eigenvalue weighted by Crippen LogP contribution is 2.41. The van der Waals surface area contributed by atoms with E-state index in [0.717, 1.165) is 16.3 Å². The minimum absolute atomic E-state index is 0.00739. The first kappa shape index (κ1) is 16.1. The van der Waals surface area contributed by atoms with Gasteiger partial charge in [0.05, 0.1) is 32.5 Å². The fourth-order valence-electron chi connectivity index (χ4n) is 2.52. The Morgan fingerprint density at radius 2 is 1.96 bits per heavy atom. The predicted octanol–water partition coefficient (Wildman–Crippen LogP) is 3.32. The summed E-state index contributed by atoms with van der Waals surface area (Å²) in [6.07, 6.45) is 3.39. The lowest BCUT2D eigenvalue weighted by Crippen LogP contribution is -2.00. The standard InChI is InChI=1S/C18H19NO5/c1-11(10-20)6-8-23-14-5-4-12-15(17(14)22-3)19-18-13(7-9-24-18)16(12)21-2/h4-7,9,20H,8,10H2,1-3H3. The van der Waals surface area contributed by atoms with E-state index in [-0.39, 0.29) is 6.61 Å². The average Bonchev–Trinajstić information content (AvgIpc) is 3.07. The second-order valence-electron chi connectivity index (χ2n) is 5.30. The Hall–Kier alpha value is -2.73. The van der Waals surface area contributed by atoms with E-state index in [0.29, 0.717) is 35.1 Å². The Morgan fingerprint density at radius 1 is 1.17 bits per heavy atom. The fourth-order valence-corrected chi connectivity index (χ4v) is 2.52. The number of furan rings is 1. The Labute approximate surface area is 139 Å². The number of pyridine rings is 1. The molecule has 0 atom stereocenters. The molecule has 0 aliphatic heterocycles. The summed E-state index contributed by atoms with van der Waals surface area (Å²) in [4.78, 5) is 4.53. The number of nitrogens with zero attached hydrogens (tertiary/aromatic N) is 1. The zero-order valence-electron chi connectivity index (χ0n) is 13.8. The van der Waals surface area contributed by atoms with Crippen LogP contribution in [0.25, 0.3) is 22.0 Å². The second kappa shape index (κ2) is 6.80. The summed E-state index contributed by atoms with van der Waals surface area (Å²) in [5.41, 5.74) is 1.93. The van der Waals surface area contributed by atoms with Crippen LogP contribution in [0.5, 0.6) is 17.2 Å². The first-order valence-electron chi connectivity index (χ1n) is 7.50. The Morgan fingerprint density at radius 3 is 2.67 bits per heavy atom. The van der Waals surface area contributed by atoms with Gasteiger partial charge in [0, 0.05) is 5.39 Å². The van der Waals surface area contributed by atoms with Crippen LogP contribution in [0.1, 0.15) is 6.92 Å². The number of aromatic nitrogens is 1. The van der Waals surface area contributed by atoms with E-state index < -0.39 is 0 Å². The molecule has 6 heteroatoms. The van der Waals surface area contributed by atoms with E-state index in [1.54, 1.807) is 20.5 Å². The van der Waals surface area contributed by atoms with Gasteiger partial charge in [-0.2, -0.15) is 0 Å². The molecule has 3 rings (SSSR count). The molecule has 2 heterocycles. The molecule has 24 heavy (non-hydrogen) atoms. The maximum absolute atomic E-state index is 9.03. The van der Waals surface area contributed by atoms with Crippen molar-refractivity contribution >= 4 is 22.0 Å². The van der Waals surface area contributed by atoms with E-state index in [1.807, 2.05) is 31.2 Å². The average molecular weight is 329 g/mol. The van der Waals surface area contributed by atoms with Crippen LogP contribution in [0.4, 0.5) is 0 Å². The Balaban J connectivity index is 2.11. The molecule has 3 aromatic rings. The summed E-state index contributed by atoms with van der Waals surface area (Å²) < 4.78 is 22.2. The van der Waals surface area contributed by atoms with Gasteiger partial charge in [-0.25, -0.2) is 4.98 Å². The van der Waals surface area contributed by atoms with E-state index >= 15 is 0 Å². The van der Waals surface area contributed by atoms with Gasteiger partial charge < -0.3 is 23.7 Å². The monoisotopic (exact) mass is 329 g/mol. The summed E-state index contributed by atoms with van der Waals surface area (Å²) >= 11 is 0. The van der Waals surface area contributed by atoms with Crippen LogP contribution in [0.15, 0.2) is 40.5 Å². The van der Waals surface area contributed by atoms with E-state index in [1.165, 1.54) is 0 Å². The summed E-state index contributed by atoms with van der Waals surface area (Å²) in [6.45, 7) is 2.17. The summed E-state index contributed by atoms with van der Waals surface area (Å²) in [5, 5.41) is 10.7. The SMILES string of the molecule is COc1c2ccoc2nc2c(OC)c(OCC=C(C)CO)ccc12. The maximum atomic E-state index is 9.03. The number of aliphatic hydroxyl groups is 1. The van der Waals surface area contributed by atoms with Gasteiger partial charge in [0.25, 0.3) is 0 Å². The zero-order chi connectivity index (χ0) is 17.1. The lowest BCUT2D eigenvalue weighted by atomic mass is 10.1. The molecular formula is C18H19NO5. The molecule has 126 valence electrons. The summed E-state index contributed by atoms with van der Waals surface area (Å²) in [7, 11) is 3.18. The van der Waals surface area contributed by atoms with Crippen LogP contribution < -0.4 is 14.2 Å². The van der Waals surface area contributed by atoms with Gasteiger partial charge in [-0.15, -0.1) is 0 Å². The summed E-state index contributed by atoms with van der Waals surface area (Å²) in [6, 6.07) is 5.52. The normalized spacial score (nSPS) is 11.9. The molecule has 6 nitrogen and oxygen atoms in total. The van der Waals surface area contributed by atoms with Gasteiger partial charge in [-0.3, -0.25) is 0 Å². The molecule has 0 saturated carbocycles. The molecule has 2 aromatic heterocycles. The van der Waals surface area contributed by atoms with E-state index in [4.69, 9.17) is 23.7 Å². The number of ether oxygens (including phenoxy) is 3. The molecule has 0 aliphatic carbocycles. The van der Waals surface area contributed by atoms with Gasteiger partial charge in [0.1, 0.15) is 17.9 Å². The van der Waals surface area contributed by atoms with Crippen molar-refractivity contribution in [2.45, 2.75) is 6.92 Å². The maximum Gasteiger partial charge on any atom is 0.230 e. The van der Waals surface area contributed by atoms with Crippen LogP contribution in [0.3, 0.4) is 0 Å². The first-order valence-corrected chi connectivity index (χ1v) is 7.50. The number of rotatable bonds is 6. The number of methoxy groups -OCH3 is 2. The highest BCUT2D eigenvalue weighted by atomic mass is 16.5. The van der Waals surface area contributed by atoms with Crippen molar-refractivity contribution in [1.82, 2.24) is 4.98 Å². The second-order valence-corrected chi connectivity index (χ2v) is 5.30. The third-order valence-electron chi connectivity index (χ3n) is 3.77. The minimum Gasteiger partial charge on any atom is -0.495 e. The van der Waals surface area contributed by atoms with Crippen LogP contribution in [0.2, 0.25) is 0 Å². The number of fused-ring (bicyclic) bond motifs is 2. The van der Waals surface area contributed by atoms with Gasteiger partial charge >= 0.3 is 0 Å². The smallest absolute Gasteiger partial charge is 0.230 e. The van der Waals surface area contributed by atoms with E-state index in [9.17, 15) is 0 Å². The van der Waals surface area contributed by atoms with E-state index in [2.05, 4.69) is 4.98 Å². The van der Waals surface area contributed by atoms with Crippen LogP contribution in [0, 0.1) is 0 Å². The molecule has 0 spiro atoms. The molecule has 1 aromatic carbocycles. The quantitative estimate of drug-likeness (QED) is 0.699. The van der Waals surface area contributed by atoms with Gasteiger partial charge in [0.2, 0.25) is 5.71 Å². The summed E-state index contributed by atoms with van der Waals surface area (Å²) in [5.74, 6) is 1.76. The molecule has 0 unspecified atom stereocenters. The number of hydrogen-bond acceptors (Lipinski definition) is 6. The molecule has 1 N–H and O–H groups in total. The van der Waals surface area contributed by atoms with Crippen molar-refractivity contribution < 1.29 is 23.7 Å². The molecule has 0 bridgehead atoms. The molecule has 0 amide bonds. The minimum atomic E-state index is 0.00739. The van der Waals surface area contributed by atoms with Crippen molar-refractivity contribution in [3.05, 3.63) is 36.1 Å². The first-order chi connectivity index (χ1) is 11.7. The third-order valence-corrected chi connectivity index (χ3v) is 3.77. The largest absolute Gasteiger partial charge is 0.495 e. The van der Waals surface area contributed by atoms with Crippen molar-refractivity contribution in [2.24, 2.45) is 0 Å². The van der Waals surface area contributed by atoms with Crippen molar-refractivity contribution in [3.63, 3.8) is 0 Å².